The largest absolute Gasteiger partial charge is 0.480 e. The molecule has 0 radical (unpaired) electrons. The van der Waals surface area contributed by atoms with Gasteiger partial charge in [0.2, 0.25) is 5.95 Å². The van der Waals surface area contributed by atoms with Crippen LogP contribution in [0.3, 0.4) is 0 Å². The number of aromatic nitrogens is 2. The summed E-state index contributed by atoms with van der Waals surface area (Å²) in [5, 5.41) is 13.1. The maximum atomic E-state index is 13.5. The summed E-state index contributed by atoms with van der Waals surface area (Å²) in [5.74, 6) is 0.124. The Morgan fingerprint density at radius 2 is 1.76 bits per heavy atom. The molecule has 14 heteroatoms. The quantitative estimate of drug-likeness (QED) is 0.420. The SMILES string of the molecule is Cl.O=C(O)CN(c1ccc2c(c1)CCN2c1nccc(N2CCNCC2)n1)S(=O)(=O)c1cc(Cl)cc(Cl)c1. The van der Waals surface area contributed by atoms with Crippen LogP contribution in [-0.4, -0.2) is 68.7 Å². The summed E-state index contributed by atoms with van der Waals surface area (Å²) in [5.41, 5.74) is 1.94. The second-order valence-corrected chi connectivity index (χ2v) is 11.4. The number of benzene rings is 2. The molecule has 5 rings (SSSR count). The van der Waals surface area contributed by atoms with E-state index in [1.807, 2.05) is 11.0 Å². The molecule has 0 atom stereocenters. The third-order valence-corrected chi connectivity index (χ3v) is 8.45. The molecule has 2 aliphatic heterocycles. The zero-order valence-electron chi connectivity index (χ0n) is 20.0. The van der Waals surface area contributed by atoms with Crippen molar-refractivity contribution in [2.24, 2.45) is 0 Å². The number of carbonyl (C=O) groups is 1. The van der Waals surface area contributed by atoms with Gasteiger partial charge in [0.05, 0.1) is 10.6 Å². The van der Waals surface area contributed by atoms with Crippen molar-refractivity contribution in [3.63, 3.8) is 0 Å². The van der Waals surface area contributed by atoms with Crippen molar-refractivity contribution in [2.75, 3.05) is 53.4 Å². The lowest BCUT2D eigenvalue weighted by Crippen LogP contribution is -2.44. The highest BCUT2D eigenvalue weighted by atomic mass is 35.5. The van der Waals surface area contributed by atoms with E-state index in [9.17, 15) is 18.3 Å². The number of nitrogens with one attached hydrogen (secondary N) is 1. The molecular formula is C24H25Cl3N6O4S. The molecule has 2 N–H and O–H groups in total. The van der Waals surface area contributed by atoms with Gasteiger partial charge in [0.25, 0.3) is 10.0 Å². The molecular weight excluding hydrogens is 575 g/mol. The summed E-state index contributed by atoms with van der Waals surface area (Å²) >= 11 is 12.0. The lowest BCUT2D eigenvalue weighted by molar-refractivity contribution is -0.135. The molecule has 0 unspecified atom stereocenters. The van der Waals surface area contributed by atoms with E-state index in [4.69, 9.17) is 28.2 Å². The first-order valence-electron chi connectivity index (χ1n) is 11.6. The van der Waals surface area contributed by atoms with Gasteiger partial charge in [-0.2, -0.15) is 4.98 Å². The van der Waals surface area contributed by atoms with Crippen molar-refractivity contribution in [3.8, 4) is 0 Å². The number of piperazine rings is 1. The average molecular weight is 600 g/mol. The van der Waals surface area contributed by atoms with Crippen molar-refractivity contribution < 1.29 is 18.3 Å². The third kappa shape index (κ3) is 5.76. The Kier molecular flexibility index (Phi) is 8.53. The van der Waals surface area contributed by atoms with Crippen LogP contribution in [0.1, 0.15) is 5.56 Å². The third-order valence-electron chi connectivity index (χ3n) is 6.26. The standard InChI is InChI=1S/C24H24Cl2N6O4S.ClH/c25-17-12-18(26)14-20(13-17)37(35,36)32(15-23(33)34)19-1-2-21-16(11-19)4-8-31(21)24-28-5-3-22(29-24)30-9-6-27-7-10-30;/h1-3,5,11-14,27H,4,6-10,15H2,(H,33,34);1H. The van der Waals surface area contributed by atoms with Crippen molar-refractivity contribution in [1.29, 1.82) is 0 Å². The van der Waals surface area contributed by atoms with Gasteiger partial charge < -0.3 is 20.2 Å². The van der Waals surface area contributed by atoms with E-state index in [2.05, 4.69) is 15.2 Å². The maximum absolute atomic E-state index is 13.5. The Hall–Kier alpha value is -2.83. The van der Waals surface area contributed by atoms with E-state index in [0.29, 0.717) is 18.9 Å². The summed E-state index contributed by atoms with van der Waals surface area (Å²) < 4.78 is 27.8. The number of carboxylic acid groups (broad SMARTS) is 1. The summed E-state index contributed by atoms with van der Waals surface area (Å²) in [6, 6.07) is 10.9. The van der Waals surface area contributed by atoms with Crippen molar-refractivity contribution in [2.45, 2.75) is 11.3 Å². The second-order valence-electron chi connectivity index (χ2n) is 8.68. The summed E-state index contributed by atoms with van der Waals surface area (Å²) in [7, 11) is -4.26. The van der Waals surface area contributed by atoms with E-state index in [-0.39, 0.29) is 33.0 Å². The number of sulfonamides is 1. The first-order chi connectivity index (χ1) is 17.7. The lowest BCUT2D eigenvalue weighted by Gasteiger charge is -2.29. The zero-order chi connectivity index (χ0) is 26.2. The molecule has 38 heavy (non-hydrogen) atoms. The molecule has 2 aromatic carbocycles. The minimum Gasteiger partial charge on any atom is -0.480 e. The number of carboxylic acids is 1. The molecule has 1 fully saturated rings. The molecule has 3 heterocycles. The Morgan fingerprint density at radius 3 is 2.45 bits per heavy atom. The fourth-order valence-electron chi connectivity index (χ4n) is 4.53. The predicted molar refractivity (Wildman–Crippen MR) is 150 cm³/mol. The van der Waals surface area contributed by atoms with Crippen molar-refractivity contribution in [3.05, 3.63) is 64.3 Å². The highest BCUT2D eigenvalue weighted by molar-refractivity contribution is 7.92. The first kappa shape index (κ1) is 28.2. The van der Waals surface area contributed by atoms with Crippen LogP contribution in [0, 0.1) is 0 Å². The molecule has 0 saturated carbocycles. The number of hydrogen-bond acceptors (Lipinski definition) is 8. The molecule has 0 aliphatic carbocycles. The van der Waals surface area contributed by atoms with Crippen LogP contribution in [0.25, 0.3) is 0 Å². The minimum absolute atomic E-state index is 0. The highest BCUT2D eigenvalue weighted by Crippen LogP contribution is 2.37. The van der Waals surface area contributed by atoms with Crippen LogP contribution < -0.4 is 19.4 Å². The maximum Gasteiger partial charge on any atom is 0.324 e. The first-order valence-corrected chi connectivity index (χ1v) is 13.8. The van der Waals surface area contributed by atoms with Gasteiger partial charge in [-0.3, -0.25) is 9.10 Å². The normalized spacial score (nSPS) is 15.1. The average Bonchev–Trinajstić information content (AvgIpc) is 3.30. The monoisotopic (exact) mass is 598 g/mol. The molecule has 0 spiro atoms. The summed E-state index contributed by atoms with van der Waals surface area (Å²) in [4.78, 5) is 24.9. The molecule has 3 aromatic rings. The minimum atomic E-state index is -4.26. The van der Waals surface area contributed by atoms with Gasteiger partial charge in [-0.1, -0.05) is 23.2 Å². The van der Waals surface area contributed by atoms with Crippen LogP contribution >= 0.6 is 35.6 Å². The molecule has 202 valence electrons. The fraction of sp³-hybridized carbons (Fsp3) is 0.292. The molecule has 1 saturated heterocycles. The Morgan fingerprint density at radius 1 is 1.05 bits per heavy atom. The van der Waals surface area contributed by atoms with E-state index < -0.39 is 22.5 Å². The van der Waals surface area contributed by atoms with E-state index in [1.54, 1.807) is 24.4 Å². The van der Waals surface area contributed by atoms with Crippen LogP contribution in [0.15, 0.2) is 53.6 Å². The molecule has 0 bridgehead atoms. The number of nitrogens with zero attached hydrogens (tertiary/aromatic N) is 5. The molecule has 2 aliphatic rings. The van der Waals surface area contributed by atoms with E-state index >= 15 is 0 Å². The number of aliphatic carboxylic acids is 1. The second kappa shape index (κ2) is 11.5. The Balaban J connectivity index is 0.00000336. The van der Waals surface area contributed by atoms with Gasteiger partial charge in [0, 0.05) is 54.7 Å². The Bertz CT molecular complexity index is 1430. The number of fused-ring (bicyclic) bond motifs is 1. The molecule has 1 aromatic heterocycles. The molecule has 0 amide bonds. The van der Waals surface area contributed by atoms with Crippen LogP contribution in [0.5, 0.6) is 0 Å². The number of rotatable bonds is 7. The van der Waals surface area contributed by atoms with Crippen LogP contribution in [-0.2, 0) is 21.2 Å². The van der Waals surface area contributed by atoms with Gasteiger partial charge in [0.1, 0.15) is 12.4 Å². The smallest absolute Gasteiger partial charge is 0.324 e. The van der Waals surface area contributed by atoms with Crippen LogP contribution in [0.4, 0.5) is 23.1 Å². The van der Waals surface area contributed by atoms with Gasteiger partial charge in [0.15, 0.2) is 0 Å². The van der Waals surface area contributed by atoms with E-state index in [1.165, 1.54) is 18.2 Å². The summed E-state index contributed by atoms with van der Waals surface area (Å²) in [6.45, 7) is 3.37. The molecule has 10 nitrogen and oxygen atoms in total. The van der Waals surface area contributed by atoms with Gasteiger partial charge >= 0.3 is 5.97 Å². The summed E-state index contributed by atoms with van der Waals surface area (Å²) in [6.07, 6.45) is 2.36. The van der Waals surface area contributed by atoms with Crippen molar-refractivity contribution >= 4 is 74.7 Å². The van der Waals surface area contributed by atoms with Gasteiger partial charge in [-0.05, 0) is 54.4 Å². The number of hydrogen-bond donors (Lipinski definition) is 2. The number of anilines is 4. The van der Waals surface area contributed by atoms with Gasteiger partial charge in [-0.15, -0.1) is 12.4 Å². The highest BCUT2D eigenvalue weighted by Gasteiger charge is 2.30. The van der Waals surface area contributed by atoms with Crippen molar-refractivity contribution in [1.82, 2.24) is 15.3 Å². The lowest BCUT2D eigenvalue weighted by atomic mass is 10.1. The van der Waals surface area contributed by atoms with Crippen LogP contribution in [0.2, 0.25) is 10.0 Å². The number of halogens is 3. The predicted octanol–water partition coefficient (Wildman–Crippen LogP) is 3.59. The van der Waals surface area contributed by atoms with E-state index in [0.717, 1.165) is 47.6 Å². The fourth-order valence-corrected chi connectivity index (χ4v) is 6.67. The van der Waals surface area contributed by atoms with Gasteiger partial charge in [-0.25, -0.2) is 13.4 Å². The zero-order valence-corrected chi connectivity index (χ0v) is 23.2. The Labute approximate surface area is 236 Å². The topological polar surface area (TPSA) is 119 Å².